The maximum Gasteiger partial charge on any atom is 0.225 e. The van der Waals surface area contributed by atoms with Crippen LogP contribution in [0, 0.1) is 5.92 Å². The van der Waals surface area contributed by atoms with Crippen molar-refractivity contribution in [2.24, 2.45) is 10.9 Å². The lowest BCUT2D eigenvalue weighted by atomic mass is 10.1. The van der Waals surface area contributed by atoms with Gasteiger partial charge in [-0.3, -0.25) is 4.79 Å². The fourth-order valence-corrected chi connectivity index (χ4v) is 4.30. The molecular formula is C22H33ClN4O2. The highest BCUT2D eigenvalue weighted by Crippen LogP contribution is 2.28. The van der Waals surface area contributed by atoms with Crippen molar-refractivity contribution in [3.05, 3.63) is 28.8 Å². The predicted octanol–water partition coefficient (Wildman–Crippen LogP) is 3.58. The Balaban J connectivity index is 1.59. The molecule has 1 aromatic carbocycles. The van der Waals surface area contributed by atoms with Crippen molar-refractivity contribution < 1.29 is 9.53 Å². The summed E-state index contributed by atoms with van der Waals surface area (Å²) in [4.78, 5) is 19.4. The standard InChI is InChI=1S/C22H33ClN4O2/c1-3-24-22(25-14-17-9-10-18(23)13-20(17)29-4-2)26-19-11-12-27(15-19)21(28)16-7-5-6-8-16/h9-10,13,16,19H,3-8,11-12,14-15H2,1-2H3,(H2,24,25,26). The molecule has 1 unspecified atom stereocenters. The molecule has 1 saturated heterocycles. The third-order valence-electron chi connectivity index (χ3n) is 5.63. The zero-order chi connectivity index (χ0) is 20.6. The molecular weight excluding hydrogens is 388 g/mol. The first-order chi connectivity index (χ1) is 14.1. The number of ether oxygens (including phenoxy) is 1. The van der Waals surface area contributed by atoms with Crippen molar-refractivity contribution in [1.82, 2.24) is 15.5 Å². The molecule has 1 saturated carbocycles. The number of carbonyl (C=O) groups is 1. The Morgan fingerprint density at radius 1 is 1.28 bits per heavy atom. The zero-order valence-electron chi connectivity index (χ0n) is 17.5. The number of aliphatic imine (C=N–C) groups is 1. The number of rotatable bonds is 7. The Morgan fingerprint density at radius 3 is 2.79 bits per heavy atom. The van der Waals surface area contributed by atoms with Crippen LogP contribution in [0.1, 0.15) is 51.5 Å². The van der Waals surface area contributed by atoms with Crippen LogP contribution in [-0.2, 0) is 11.3 Å². The minimum atomic E-state index is 0.231. The predicted molar refractivity (Wildman–Crippen MR) is 118 cm³/mol. The average Bonchev–Trinajstić information content (AvgIpc) is 3.39. The lowest BCUT2D eigenvalue weighted by molar-refractivity contribution is -0.134. The summed E-state index contributed by atoms with van der Waals surface area (Å²) in [6, 6.07) is 5.88. The van der Waals surface area contributed by atoms with Crippen LogP contribution in [0.4, 0.5) is 0 Å². The van der Waals surface area contributed by atoms with Gasteiger partial charge in [-0.15, -0.1) is 0 Å². The number of likely N-dealkylation sites (tertiary alicyclic amines) is 1. The molecule has 0 spiro atoms. The number of hydrogen-bond acceptors (Lipinski definition) is 3. The Hall–Kier alpha value is -1.95. The second kappa shape index (κ2) is 10.7. The van der Waals surface area contributed by atoms with Gasteiger partial charge in [0, 0.05) is 42.2 Å². The minimum Gasteiger partial charge on any atom is -0.493 e. The van der Waals surface area contributed by atoms with Gasteiger partial charge in [-0.2, -0.15) is 0 Å². The van der Waals surface area contributed by atoms with Crippen LogP contribution in [0.5, 0.6) is 5.75 Å². The summed E-state index contributed by atoms with van der Waals surface area (Å²) in [6.07, 6.45) is 5.45. The van der Waals surface area contributed by atoms with Crippen molar-refractivity contribution in [3.63, 3.8) is 0 Å². The largest absolute Gasteiger partial charge is 0.493 e. The van der Waals surface area contributed by atoms with Crippen molar-refractivity contribution in [1.29, 1.82) is 0 Å². The molecule has 3 rings (SSSR count). The van der Waals surface area contributed by atoms with Gasteiger partial charge in [0.15, 0.2) is 5.96 Å². The second-order valence-corrected chi connectivity index (χ2v) is 8.21. The summed E-state index contributed by atoms with van der Waals surface area (Å²) in [5.41, 5.74) is 0.998. The van der Waals surface area contributed by atoms with Crippen LogP contribution in [0.2, 0.25) is 5.02 Å². The summed E-state index contributed by atoms with van der Waals surface area (Å²) in [5, 5.41) is 7.47. The SMILES string of the molecule is CCNC(=NCc1ccc(Cl)cc1OCC)NC1CCN(C(=O)C2CCCC2)C1. The molecule has 2 N–H and O–H groups in total. The molecule has 1 aromatic rings. The van der Waals surface area contributed by atoms with Crippen LogP contribution in [-0.4, -0.2) is 49.0 Å². The summed E-state index contributed by atoms with van der Waals surface area (Å²) >= 11 is 6.09. The lowest BCUT2D eigenvalue weighted by Gasteiger charge is -2.21. The number of nitrogens with zero attached hydrogens (tertiary/aromatic N) is 2. The molecule has 2 aliphatic rings. The molecule has 1 heterocycles. The van der Waals surface area contributed by atoms with Crippen LogP contribution in [0.3, 0.4) is 0 Å². The van der Waals surface area contributed by atoms with Crippen molar-refractivity contribution >= 4 is 23.5 Å². The first-order valence-electron chi connectivity index (χ1n) is 10.9. The minimum absolute atomic E-state index is 0.231. The first-order valence-corrected chi connectivity index (χ1v) is 11.2. The highest BCUT2D eigenvalue weighted by Gasteiger charge is 2.32. The van der Waals surface area contributed by atoms with E-state index in [-0.39, 0.29) is 12.0 Å². The third-order valence-corrected chi connectivity index (χ3v) is 5.86. The van der Waals surface area contributed by atoms with Gasteiger partial charge in [-0.05, 0) is 45.2 Å². The Morgan fingerprint density at radius 2 is 2.07 bits per heavy atom. The monoisotopic (exact) mass is 420 g/mol. The van der Waals surface area contributed by atoms with E-state index in [4.69, 9.17) is 21.3 Å². The average molecular weight is 421 g/mol. The van der Waals surface area contributed by atoms with Gasteiger partial charge >= 0.3 is 0 Å². The van der Waals surface area contributed by atoms with E-state index in [1.54, 1.807) is 0 Å². The van der Waals surface area contributed by atoms with Crippen LogP contribution >= 0.6 is 11.6 Å². The molecule has 0 radical (unpaired) electrons. The van der Waals surface area contributed by atoms with Crippen LogP contribution in [0.15, 0.2) is 23.2 Å². The van der Waals surface area contributed by atoms with Gasteiger partial charge < -0.3 is 20.3 Å². The third kappa shape index (κ3) is 6.01. The Labute approximate surface area is 179 Å². The summed E-state index contributed by atoms with van der Waals surface area (Å²) < 4.78 is 5.69. The number of nitrogens with one attached hydrogen (secondary N) is 2. The molecule has 1 aliphatic heterocycles. The number of halogens is 1. The quantitative estimate of drug-likeness (QED) is 0.522. The fraction of sp³-hybridized carbons (Fsp3) is 0.636. The van der Waals surface area contributed by atoms with Crippen molar-refractivity contribution in [3.8, 4) is 5.75 Å². The van der Waals surface area contributed by atoms with Gasteiger partial charge in [0.25, 0.3) is 0 Å². The van der Waals surface area contributed by atoms with Gasteiger partial charge in [0.1, 0.15) is 5.75 Å². The highest BCUT2D eigenvalue weighted by molar-refractivity contribution is 6.30. The maximum absolute atomic E-state index is 12.7. The number of hydrogen-bond donors (Lipinski definition) is 2. The van der Waals surface area contributed by atoms with Gasteiger partial charge in [0.2, 0.25) is 5.91 Å². The van der Waals surface area contributed by atoms with E-state index in [0.717, 1.165) is 56.2 Å². The number of amides is 1. The van der Waals surface area contributed by atoms with E-state index in [0.29, 0.717) is 24.1 Å². The zero-order valence-corrected chi connectivity index (χ0v) is 18.3. The van der Waals surface area contributed by atoms with E-state index in [1.165, 1.54) is 12.8 Å². The van der Waals surface area contributed by atoms with Crippen molar-refractivity contribution in [2.75, 3.05) is 26.2 Å². The summed E-state index contributed by atoms with van der Waals surface area (Å²) in [7, 11) is 0. The van der Waals surface area contributed by atoms with E-state index < -0.39 is 0 Å². The topological polar surface area (TPSA) is 66.0 Å². The van der Waals surface area contributed by atoms with Gasteiger partial charge in [-0.1, -0.05) is 30.5 Å². The molecule has 1 amide bonds. The second-order valence-electron chi connectivity index (χ2n) is 7.78. The lowest BCUT2D eigenvalue weighted by Crippen LogP contribution is -2.45. The highest BCUT2D eigenvalue weighted by atomic mass is 35.5. The van der Waals surface area contributed by atoms with Gasteiger partial charge in [-0.25, -0.2) is 4.99 Å². The molecule has 7 heteroatoms. The molecule has 29 heavy (non-hydrogen) atoms. The number of benzene rings is 1. The number of carbonyl (C=O) groups excluding carboxylic acids is 1. The Kier molecular flexibility index (Phi) is 8.04. The molecule has 6 nitrogen and oxygen atoms in total. The molecule has 0 bridgehead atoms. The first kappa shape index (κ1) is 21.8. The van der Waals surface area contributed by atoms with Crippen LogP contribution in [0.25, 0.3) is 0 Å². The molecule has 1 aliphatic carbocycles. The maximum atomic E-state index is 12.7. The fourth-order valence-electron chi connectivity index (χ4n) is 4.14. The van der Waals surface area contributed by atoms with E-state index in [2.05, 4.69) is 17.6 Å². The van der Waals surface area contributed by atoms with E-state index in [9.17, 15) is 4.79 Å². The molecule has 160 valence electrons. The van der Waals surface area contributed by atoms with E-state index in [1.807, 2.05) is 30.0 Å². The summed E-state index contributed by atoms with van der Waals surface area (Å²) in [5.74, 6) is 2.13. The molecule has 1 atom stereocenters. The summed E-state index contributed by atoms with van der Waals surface area (Å²) in [6.45, 7) is 7.46. The van der Waals surface area contributed by atoms with Crippen LogP contribution < -0.4 is 15.4 Å². The molecule has 0 aromatic heterocycles. The number of guanidine groups is 1. The van der Waals surface area contributed by atoms with Gasteiger partial charge in [0.05, 0.1) is 13.2 Å². The smallest absolute Gasteiger partial charge is 0.225 e. The van der Waals surface area contributed by atoms with Crippen molar-refractivity contribution in [2.45, 2.75) is 58.5 Å². The molecule has 2 fully saturated rings. The normalized spacial score (nSPS) is 20.2. The Bertz CT molecular complexity index is 719. The van der Waals surface area contributed by atoms with E-state index >= 15 is 0 Å².